The lowest BCUT2D eigenvalue weighted by Gasteiger charge is -2.40. The van der Waals surface area contributed by atoms with E-state index in [9.17, 15) is 4.79 Å². The number of carbonyl (C=O) groups excluding carboxylic acids is 1. The molecule has 2 aliphatic carbocycles. The highest BCUT2D eigenvalue weighted by molar-refractivity contribution is 5.75. The van der Waals surface area contributed by atoms with E-state index < -0.39 is 0 Å². The number of carbonyl (C=O) groups is 1. The summed E-state index contributed by atoms with van der Waals surface area (Å²) in [6.07, 6.45) is 12.3. The molecule has 2 aliphatic rings. The molecule has 0 amide bonds. The maximum Gasteiger partial charge on any atom is 0.322 e. The van der Waals surface area contributed by atoms with Crippen LogP contribution in [0.2, 0.25) is 0 Å². The van der Waals surface area contributed by atoms with E-state index in [1.54, 1.807) is 0 Å². The summed E-state index contributed by atoms with van der Waals surface area (Å²) in [4.78, 5) is 11.6. The molecule has 0 radical (unpaired) electrons. The number of nitrogens with one attached hydrogen (secondary N) is 1. The quantitative estimate of drug-likeness (QED) is 0.794. The van der Waals surface area contributed by atoms with Crippen molar-refractivity contribution < 1.29 is 9.53 Å². The van der Waals surface area contributed by atoms with Gasteiger partial charge in [0.15, 0.2) is 0 Å². The van der Waals surface area contributed by atoms with Crippen LogP contribution in [0, 0.1) is 11.8 Å². The molecule has 2 fully saturated rings. The summed E-state index contributed by atoms with van der Waals surface area (Å²) >= 11 is 0. The van der Waals surface area contributed by atoms with Gasteiger partial charge in [0, 0.05) is 6.04 Å². The molecule has 0 aromatic carbocycles. The molecule has 3 heteroatoms. The summed E-state index contributed by atoms with van der Waals surface area (Å²) in [5, 5.41) is 3.54. The molecule has 0 heterocycles. The molecule has 0 aliphatic heterocycles. The van der Waals surface area contributed by atoms with Crippen molar-refractivity contribution in [3.63, 3.8) is 0 Å². The Morgan fingerprint density at radius 3 is 2.37 bits per heavy atom. The highest BCUT2D eigenvalue weighted by Gasteiger charge is 2.33. The van der Waals surface area contributed by atoms with Crippen LogP contribution in [0.3, 0.4) is 0 Å². The predicted molar refractivity (Wildman–Crippen MR) is 76.9 cm³/mol. The summed E-state index contributed by atoms with van der Waals surface area (Å²) in [7, 11) is 1.47. The first-order valence-electron chi connectivity index (χ1n) is 8.06. The van der Waals surface area contributed by atoms with Crippen LogP contribution < -0.4 is 5.32 Å². The average Bonchev–Trinajstić information content (AvgIpc) is 2.47. The van der Waals surface area contributed by atoms with Gasteiger partial charge in [-0.05, 0) is 31.6 Å². The van der Waals surface area contributed by atoms with Gasteiger partial charge in [-0.2, -0.15) is 0 Å². The highest BCUT2D eigenvalue weighted by Crippen LogP contribution is 2.38. The van der Waals surface area contributed by atoms with Crippen LogP contribution >= 0.6 is 0 Å². The van der Waals surface area contributed by atoms with E-state index >= 15 is 0 Å². The van der Waals surface area contributed by atoms with Gasteiger partial charge in [0.25, 0.3) is 0 Å². The Labute approximate surface area is 117 Å². The number of methoxy groups -OCH3 is 1. The van der Waals surface area contributed by atoms with Crippen molar-refractivity contribution >= 4 is 5.97 Å². The average molecular weight is 267 g/mol. The molecule has 2 saturated carbocycles. The molecule has 3 atom stereocenters. The molecule has 0 aromatic heterocycles. The lowest BCUT2D eigenvalue weighted by atomic mass is 9.71. The van der Waals surface area contributed by atoms with Crippen LogP contribution in [0.4, 0.5) is 0 Å². The van der Waals surface area contributed by atoms with E-state index in [0.717, 1.165) is 11.8 Å². The van der Waals surface area contributed by atoms with Crippen LogP contribution in [0.15, 0.2) is 0 Å². The summed E-state index contributed by atoms with van der Waals surface area (Å²) < 4.78 is 4.83. The van der Waals surface area contributed by atoms with Crippen molar-refractivity contribution in [3.05, 3.63) is 0 Å². The number of hydrogen-bond donors (Lipinski definition) is 1. The maximum absolute atomic E-state index is 11.6. The fourth-order valence-electron chi connectivity index (χ4n) is 4.06. The minimum Gasteiger partial charge on any atom is -0.468 e. The molecule has 3 nitrogen and oxygen atoms in total. The fraction of sp³-hybridized carbons (Fsp3) is 0.938. The standard InChI is InChI=1S/C16H29NO2/c1-12(16(18)19-2)17-15-11-7-6-10-14(15)13-8-4-3-5-9-13/h12-15,17H,3-11H2,1-2H3. The Hall–Kier alpha value is -0.570. The van der Waals surface area contributed by atoms with E-state index in [1.807, 2.05) is 6.92 Å². The second-order valence-corrected chi connectivity index (χ2v) is 6.36. The fourth-order valence-corrected chi connectivity index (χ4v) is 4.06. The van der Waals surface area contributed by atoms with Gasteiger partial charge >= 0.3 is 5.97 Å². The van der Waals surface area contributed by atoms with Gasteiger partial charge < -0.3 is 10.1 Å². The van der Waals surface area contributed by atoms with Crippen molar-refractivity contribution in [1.82, 2.24) is 5.32 Å². The van der Waals surface area contributed by atoms with Crippen LogP contribution in [-0.4, -0.2) is 25.2 Å². The van der Waals surface area contributed by atoms with Crippen molar-refractivity contribution in [2.45, 2.75) is 76.8 Å². The SMILES string of the molecule is COC(=O)C(C)NC1CCCCC1C1CCCCC1. The van der Waals surface area contributed by atoms with Gasteiger partial charge in [0.05, 0.1) is 7.11 Å². The zero-order chi connectivity index (χ0) is 13.7. The number of esters is 1. The van der Waals surface area contributed by atoms with E-state index in [-0.39, 0.29) is 12.0 Å². The van der Waals surface area contributed by atoms with Crippen molar-refractivity contribution in [2.75, 3.05) is 7.11 Å². The van der Waals surface area contributed by atoms with Gasteiger partial charge in [-0.15, -0.1) is 0 Å². The van der Waals surface area contributed by atoms with Crippen LogP contribution in [0.1, 0.15) is 64.7 Å². The van der Waals surface area contributed by atoms with Crippen molar-refractivity contribution in [3.8, 4) is 0 Å². The molecule has 0 spiro atoms. The first-order chi connectivity index (χ1) is 9.22. The van der Waals surface area contributed by atoms with Gasteiger partial charge in [-0.1, -0.05) is 44.9 Å². The molecule has 1 N–H and O–H groups in total. The largest absolute Gasteiger partial charge is 0.468 e. The number of ether oxygens (including phenoxy) is 1. The van der Waals surface area contributed by atoms with E-state index in [2.05, 4.69) is 5.32 Å². The van der Waals surface area contributed by atoms with Crippen LogP contribution in [0.25, 0.3) is 0 Å². The Kier molecular flexibility index (Phi) is 5.68. The summed E-state index contributed by atoms with van der Waals surface area (Å²) in [5.41, 5.74) is 0. The number of rotatable bonds is 4. The molecular formula is C16H29NO2. The third-order valence-corrected chi connectivity index (χ3v) is 5.09. The predicted octanol–water partition coefficient (Wildman–Crippen LogP) is 3.28. The van der Waals surface area contributed by atoms with E-state index in [0.29, 0.717) is 6.04 Å². The first kappa shape index (κ1) is 14.8. The summed E-state index contributed by atoms with van der Waals surface area (Å²) in [5.74, 6) is 1.53. The van der Waals surface area contributed by atoms with Crippen molar-refractivity contribution in [2.24, 2.45) is 11.8 Å². The third-order valence-electron chi connectivity index (χ3n) is 5.09. The minimum absolute atomic E-state index is 0.132. The smallest absolute Gasteiger partial charge is 0.322 e. The van der Waals surface area contributed by atoms with Crippen LogP contribution in [-0.2, 0) is 9.53 Å². The lowest BCUT2D eigenvalue weighted by molar-refractivity contribution is -0.143. The Bertz CT molecular complexity index is 286. The second kappa shape index (κ2) is 7.28. The molecule has 2 rings (SSSR count). The molecule has 0 bridgehead atoms. The van der Waals surface area contributed by atoms with Crippen LogP contribution in [0.5, 0.6) is 0 Å². The normalized spacial score (nSPS) is 30.8. The summed E-state index contributed by atoms with van der Waals surface area (Å²) in [6.45, 7) is 1.93. The van der Waals surface area contributed by atoms with Gasteiger partial charge in [0.1, 0.15) is 6.04 Å². The molecule has 19 heavy (non-hydrogen) atoms. The van der Waals surface area contributed by atoms with Crippen molar-refractivity contribution in [1.29, 1.82) is 0 Å². The number of hydrogen-bond acceptors (Lipinski definition) is 3. The Morgan fingerprint density at radius 2 is 1.68 bits per heavy atom. The van der Waals surface area contributed by atoms with E-state index in [1.165, 1.54) is 64.9 Å². The Balaban J connectivity index is 1.93. The van der Waals surface area contributed by atoms with Gasteiger partial charge in [0.2, 0.25) is 0 Å². The zero-order valence-electron chi connectivity index (χ0n) is 12.5. The lowest BCUT2D eigenvalue weighted by Crippen LogP contribution is -2.48. The summed E-state index contributed by atoms with van der Waals surface area (Å²) in [6, 6.07) is 0.352. The maximum atomic E-state index is 11.6. The first-order valence-corrected chi connectivity index (χ1v) is 8.06. The van der Waals surface area contributed by atoms with Gasteiger partial charge in [-0.3, -0.25) is 4.79 Å². The molecular weight excluding hydrogens is 238 g/mol. The zero-order valence-corrected chi connectivity index (χ0v) is 12.5. The Morgan fingerprint density at radius 1 is 1.05 bits per heavy atom. The van der Waals surface area contributed by atoms with E-state index in [4.69, 9.17) is 4.74 Å². The molecule has 110 valence electrons. The second-order valence-electron chi connectivity index (χ2n) is 6.36. The molecule has 0 aromatic rings. The third kappa shape index (κ3) is 3.95. The monoisotopic (exact) mass is 267 g/mol. The highest BCUT2D eigenvalue weighted by atomic mass is 16.5. The topological polar surface area (TPSA) is 38.3 Å². The minimum atomic E-state index is -0.167. The molecule has 0 saturated heterocycles. The molecule has 3 unspecified atom stereocenters. The van der Waals surface area contributed by atoms with Gasteiger partial charge in [-0.25, -0.2) is 0 Å².